The van der Waals surface area contributed by atoms with Gasteiger partial charge in [0, 0.05) is 25.3 Å². The summed E-state index contributed by atoms with van der Waals surface area (Å²) in [6.07, 6.45) is 1.67. The van der Waals surface area contributed by atoms with Crippen LogP contribution in [0.15, 0.2) is 12.1 Å². The number of aryl methyl sites for hydroxylation is 2. The van der Waals surface area contributed by atoms with Crippen molar-refractivity contribution in [3.8, 4) is 0 Å². The van der Waals surface area contributed by atoms with E-state index in [4.69, 9.17) is 5.11 Å². The first-order chi connectivity index (χ1) is 9.02. The van der Waals surface area contributed by atoms with Crippen molar-refractivity contribution >= 4 is 5.91 Å². The number of halogens is 1. The zero-order valence-corrected chi connectivity index (χ0v) is 11.4. The van der Waals surface area contributed by atoms with Crippen LogP contribution in [0.1, 0.15) is 34.3 Å². The predicted molar refractivity (Wildman–Crippen MR) is 71.6 cm³/mol. The Balaban J connectivity index is 2.12. The highest BCUT2D eigenvalue weighted by Crippen LogP contribution is 2.20. The monoisotopic (exact) mass is 265 g/mol. The lowest BCUT2D eigenvalue weighted by Crippen LogP contribution is -2.39. The quantitative estimate of drug-likeness (QED) is 0.891. The molecule has 0 aliphatic carbocycles. The van der Waals surface area contributed by atoms with Crippen molar-refractivity contribution in [1.82, 2.24) is 4.90 Å². The highest BCUT2D eigenvalue weighted by molar-refractivity contribution is 5.94. The SMILES string of the molecule is Cc1cc(C(=O)N2CCC(CO)CC2)cc(C)c1F. The lowest BCUT2D eigenvalue weighted by molar-refractivity contribution is 0.0650. The summed E-state index contributed by atoms with van der Waals surface area (Å²) in [6.45, 7) is 4.88. The molecule has 19 heavy (non-hydrogen) atoms. The van der Waals surface area contributed by atoms with Crippen molar-refractivity contribution in [1.29, 1.82) is 0 Å². The van der Waals surface area contributed by atoms with Crippen LogP contribution in [-0.4, -0.2) is 35.6 Å². The van der Waals surface area contributed by atoms with Crippen LogP contribution in [0, 0.1) is 25.6 Å². The summed E-state index contributed by atoms with van der Waals surface area (Å²) < 4.78 is 13.6. The molecule has 1 saturated heterocycles. The Bertz CT molecular complexity index is 456. The van der Waals surface area contributed by atoms with E-state index in [-0.39, 0.29) is 18.3 Å². The lowest BCUT2D eigenvalue weighted by Gasteiger charge is -2.31. The minimum atomic E-state index is -0.240. The average Bonchev–Trinajstić information content (AvgIpc) is 2.43. The third-order valence-corrected chi connectivity index (χ3v) is 3.84. The molecular weight excluding hydrogens is 245 g/mol. The van der Waals surface area contributed by atoms with Gasteiger partial charge in [0.05, 0.1) is 0 Å². The zero-order chi connectivity index (χ0) is 14.0. The molecule has 1 aromatic rings. The van der Waals surface area contributed by atoms with Gasteiger partial charge in [-0.1, -0.05) is 0 Å². The number of benzene rings is 1. The first-order valence-corrected chi connectivity index (χ1v) is 6.69. The number of nitrogens with zero attached hydrogens (tertiary/aromatic N) is 1. The average molecular weight is 265 g/mol. The van der Waals surface area contributed by atoms with Gasteiger partial charge in [0.25, 0.3) is 5.91 Å². The molecule has 1 aliphatic heterocycles. The maximum Gasteiger partial charge on any atom is 0.253 e. The van der Waals surface area contributed by atoms with Crippen LogP contribution >= 0.6 is 0 Å². The summed E-state index contributed by atoms with van der Waals surface area (Å²) in [5.41, 5.74) is 1.57. The van der Waals surface area contributed by atoms with E-state index in [0.717, 1.165) is 12.8 Å². The van der Waals surface area contributed by atoms with Crippen molar-refractivity contribution in [3.05, 3.63) is 34.6 Å². The smallest absolute Gasteiger partial charge is 0.253 e. The fourth-order valence-electron chi connectivity index (χ4n) is 2.57. The van der Waals surface area contributed by atoms with E-state index in [1.165, 1.54) is 0 Å². The molecule has 0 saturated carbocycles. The van der Waals surface area contributed by atoms with Gasteiger partial charge in [-0.3, -0.25) is 4.79 Å². The van der Waals surface area contributed by atoms with E-state index >= 15 is 0 Å². The minimum absolute atomic E-state index is 0.0393. The molecule has 1 heterocycles. The first-order valence-electron chi connectivity index (χ1n) is 6.69. The van der Waals surface area contributed by atoms with E-state index in [0.29, 0.717) is 35.7 Å². The van der Waals surface area contributed by atoms with Crippen molar-refractivity contribution in [2.75, 3.05) is 19.7 Å². The van der Waals surface area contributed by atoms with Gasteiger partial charge in [-0.2, -0.15) is 0 Å². The van der Waals surface area contributed by atoms with Crippen molar-refractivity contribution in [2.45, 2.75) is 26.7 Å². The van der Waals surface area contributed by atoms with E-state index < -0.39 is 0 Å². The molecule has 0 spiro atoms. The van der Waals surface area contributed by atoms with Crippen molar-refractivity contribution < 1.29 is 14.3 Å². The minimum Gasteiger partial charge on any atom is -0.396 e. The molecule has 0 bridgehead atoms. The lowest BCUT2D eigenvalue weighted by atomic mass is 9.97. The highest BCUT2D eigenvalue weighted by Gasteiger charge is 2.23. The number of aliphatic hydroxyl groups excluding tert-OH is 1. The van der Waals surface area contributed by atoms with E-state index in [1.54, 1.807) is 30.9 Å². The van der Waals surface area contributed by atoms with Gasteiger partial charge in [0.1, 0.15) is 5.82 Å². The second-order valence-electron chi connectivity index (χ2n) is 5.34. The summed E-state index contributed by atoms with van der Waals surface area (Å²) in [5.74, 6) is 0.0267. The second kappa shape index (κ2) is 5.70. The summed E-state index contributed by atoms with van der Waals surface area (Å²) in [7, 11) is 0. The molecule has 1 fully saturated rings. The number of hydrogen-bond acceptors (Lipinski definition) is 2. The molecular formula is C15H20FNO2. The molecule has 1 aliphatic rings. The van der Waals surface area contributed by atoms with Gasteiger partial charge in [0.2, 0.25) is 0 Å². The van der Waals surface area contributed by atoms with Crippen LogP contribution in [-0.2, 0) is 0 Å². The number of carbonyl (C=O) groups is 1. The number of rotatable bonds is 2. The standard InChI is InChI=1S/C15H20FNO2/c1-10-7-13(8-11(2)14(10)16)15(19)17-5-3-12(9-18)4-6-17/h7-8,12,18H,3-6,9H2,1-2H3. The molecule has 1 aromatic carbocycles. The van der Waals surface area contributed by atoms with Crippen LogP contribution in [0.5, 0.6) is 0 Å². The fourth-order valence-corrected chi connectivity index (χ4v) is 2.57. The fraction of sp³-hybridized carbons (Fsp3) is 0.533. The number of aliphatic hydroxyl groups is 1. The van der Waals surface area contributed by atoms with Crippen LogP contribution in [0.4, 0.5) is 4.39 Å². The van der Waals surface area contributed by atoms with Gasteiger partial charge in [0.15, 0.2) is 0 Å². The maximum absolute atomic E-state index is 13.6. The van der Waals surface area contributed by atoms with E-state index in [2.05, 4.69) is 0 Å². The molecule has 0 atom stereocenters. The van der Waals surface area contributed by atoms with Crippen LogP contribution in [0.3, 0.4) is 0 Å². The number of piperidine rings is 1. The zero-order valence-electron chi connectivity index (χ0n) is 11.4. The van der Waals surface area contributed by atoms with E-state index in [9.17, 15) is 9.18 Å². The Hall–Kier alpha value is -1.42. The van der Waals surface area contributed by atoms with Gasteiger partial charge in [-0.25, -0.2) is 4.39 Å². The highest BCUT2D eigenvalue weighted by atomic mass is 19.1. The molecule has 0 radical (unpaired) electrons. The van der Waals surface area contributed by atoms with Gasteiger partial charge in [-0.05, 0) is 55.9 Å². The summed E-state index contributed by atoms with van der Waals surface area (Å²) in [4.78, 5) is 14.1. The Morgan fingerprint density at radius 3 is 2.32 bits per heavy atom. The van der Waals surface area contributed by atoms with Gasteiger partial charge in [-0.15, -0.1) is 0 Å². The summed E-state index contributed by atoms with van der Waals surface area (Å²) >= 11 is 0. The largest absolute Gasteiger partial charge is 0.396 e. The predicted octanol–water partition coefficient (Wildman–Crippen LogP) is 2.29. The Morgan fingerprint density at radius 1 is 1.32 bits per heavy atom. The van der Waals surface area contributed by atoms with Crippen molar-refractivity contribution in [3.63, 3.8) is 0 Å². The van der Waals surface area contributed by atoms with Gasteiger partial charge >= 0.3 is 0 Å². The molecule has 4 heteroatoms. The van der Waals surface area contributed by atoms with E-state index in [1.807, 2.05) is 0 Å². The third-order valence-electron chi connectivity index (χ3n) is 3.84. The van der Waals surface area contributed by atoms with Crippen LogP contribution in [0.25, 0.3) is 0 Å². The first kappa shape index (κ1) is 14.0. The molecule has 1 N–H and O–H groups in total. The van der Waals surface area contributed by atoms with Crippen LogP contribution < -0.4 is 0 Å². The second-order valence-corrected chi connectivity index (χ2v) is 5.34. The molecule has 104 valence electrons. The van der Waals surface area contributed by atoms with Gasteiger partial charge < -0.3 is 10.0 Å². The Kier molecular flexibility index (Phi) is 4.20. The number of likely N-dealkylation sites (tertiary alicyclic amines) is 1. The Labute approximate surface area is 113 Å². The summed E-state index contributed by atoms with van der Waals surface area (Å²) in [6, 6.07) is 3.23. The molecule has 3 nitrogen and oxygen atoms in total. The maximum atomic E-state index is 13.6. The number of hydrogen-bond donors (Lipinski definition) is 1. The molecule has 1 amide bonds. The third kappa shape index (κ3) is 2.95. The van der Waals surface area contributed by atoms with Crippen molar-refractivity contribution in [2.24, 2.45) is 5.92 Å². The normalized spacial score (nSPS) is 16.7. The molecule has 0 unspecified atom stereocenters. The topological polar surface area (TPSA) is 40.5 Å². The molecule has 0 aromatic heterocycles. The summed E-state index contributed by atoms with van der Waals surface area (Å²) in [5, 5.41) is 9.09. The van der Waals surface area contributed by atoms with Crippen LogP contribution in [0.2, 0.25) is 0 Å². The molecule has 2 rings (SSSR count). The Morgan fingerprint density at radius 2 is 1.84 bits per heavy atom. The number of carbonyl (C=O) groups excluding carboxylic acids is 1. The number of amides is 1.